The molecule has 0 spiro atoms. The maximum Gasteiger partial charge on any atom is 0.198 e. The molecule has 0 amide bonds. The molecule has 3 heteroatoms. The molecule has 0 aromatic rings. The zero-order chi connectivity index (χ0) is 6.41. The number of unbranched alkanes of at least 4 members (excludes halogenated alkanes) is 1. The molecule has 47 valence electrons. The molecule has 0 aliphatic rings. The molecule has 0 saturated carbocycles. The molecule has 0 aromatic carbocycles. The SMILES string of the molecule is C[S+]([O-])CCC[C]=O. The topological polar surface area (TPSA) is 40.1 Å². The molecular weight excluding hydrogens is 124 g/mol. The van der Waals surface area contributed by atoms with Gasteiger partial charge in [-0.05, 0) is 6.42 Å². The van der Waals surface area contributed by atoms with Gasteiger partial charge >= 0.3 is 0 Å². The lowest BCUT2D eigenvalue weighted by atomic mass is 10.4. The van der Waals surface area contributed by atoms with Gasteiger partial charge in [0.05, 0.1) is 6.26 Å². The smallest absolute Gasteiger partial charge is 0.198 e. The van der Waals surface area contributed by atoms with Crippen LogP contribution in [0.3, 0.4) is 0 Å². The summed E-state index contributed by atoms with van der Waals surface area (Å²) in [5.41, 5.74) is 0. The zero-order valence-electron chi connectivity index (χ0n) is 4.85. The third-order valence-electron chi connectivity index (χ3n) is 0.711. The summed E-state index contributed by atoms with van der Waals surface area (Å²) in [5.74, 6) is 0.620. The van der Waals surface area contributed by atoms with Crippen LogP contribution in [0.5, 0.6) is 0 Å². The van der Waals surface area contributed by atoms with Gasteiger partial charge in [-0.2, -0.15) is 0 Å². The number of hydrogen-bond acceptors (Lipinski definition) is 2. The lowest BCUT2D eigenvalue weighted by Gasteiger charge is -2.00. The Morgan fingerprint density at radius 1 is 1.75 bits per heavy atom. The molecule has 0 aromatic heterocycles. The Labute approximate surface area is 52.5 Å². The monoisotopic (exact) mass is 133 g/mol. The summed E-state index contributed by atoms with van der Waals surface area (Å²) < 4.78 is 10.3. The largest absolute Gasteiger partial charge is 0.617 e. The predicted molar refractivity (Wildman–Crippen MR) is 33.9 cm³/mol. The van der Waals surface area contributed by atoms with E-state index in [0.717, 1.165) is 0 Å². The van der Waals surface area contributed by atoms with Gasteiger partial charge < -0.3 is 4.55 Å². The van der Waals surface area contributed by atoms with Crippen LogP contribution in [0, 0.1) is 0 Å². The summed E-state index contributed by atoms with van der Waals surface area (Å²) in [4.78, 5) is 9.56. The molecular formula is C5H9O2S. The third-order valence-corrected chi connectivity index (χ3v) is 1.57. The van der Waals surface area contributed by atoms with Gasteiger partial charge in [0.2, 0.25) is 0 Å². The van der Waals surface area contributed by atoms with Crippen molar-refractivity contribution in [2.75, 3.05) is 12.0 Å². The molecule has 0 saturated heterocycles. The van der Waals surface area contributed by atoms with Crippen molar-refractivity contribution in [3.8, 4) is 0 Å². The molecule has 0 heterocycles. The normalized spacial score (nSPS) is 13.2. The molecule has 0 aliphatic carbocycles. The summed E-state index contributed by atoms with van der Waals surface area (Å²) in [7, 11) is 0. The van der Waals surface area contributed by atoms with Crippen LogP contribution in [-0.2, 0) is 16.0 Å². The Kier molecular flexibility index (Phi) is 5.11. The van der Waals surface area contributed by atoms with E-state index in [1.165, 1.54) is 0 Å². The van der Waals surface area contributed by atoms with Gasteiger partial charge in [-0.1, -0.05) is 11.2 Å². The average molecular weight is 133 g/mol. The number of carbonyl (C=O) groups excluding carboxylic acids is 1. The predicted octanol–water partition coefficient (Wildman–Crippen LogP) is 0.255. The summed E-state index contributed by atoms with van der Waals surface area (Å²) in [6, 6.07) is 0. The Hall–Kier alpha value is -0.0200. The molecule has 0 bridgehead atoms. The minimum atomic E-state index is -0.746. The first-order valence-corrected chi connectivity index (χ1v) is 4.15. The highest BCUT2D eigenvalue weighted by atomic mass is 32.2. The Balaban J connectivity index is 2.81. The van der Waals surface area contributed by atoms with Crippen molar-refractivity contribution in [2.24, 2.45) is 0 Å². The van der Waals surface area contributed by atoms with E-state index in [-0.39, 0.29) is 0 Å². The second-order valence-corrected chi connectivity index (χ2v) is 3.08. The van der Waals surface area contributed by atoms with Crippen molar-refractivity contribution in [1.82, 2.24) is 0 Å². The van der Waals surface area contributed by atoms with Gasteiger partial charge in [-0.25, -0.2) is 0 Å². The van der Waals surface area contributed by atoms with Crippen LogP contribution in [0.2, 0.25) is 0 Å². The van der Waals surface area contributed by atoms with Crippen LogP contribution in [-0.4, -0.2) is 22.8 Å². The van der Waals surface area contributed by atoms with Gasteiger partial charge in [0.1, 0.15) is 5.75 Å². The van der Waals surface area contributed by atoms with Crippen molar-refractivity contribution in [2.45, 2.75) is 12.8 Å². The number of rotatable bonds is 4. The van der Waals surface area contributed by atoms with Gasteiger partial charge in [-0.15, -0.1) is 0 Å². The highest BCUT2D eigenvalue weighted by molar-refractivity contribution is 7.90. The lowest BCUT2D eigenvalue weighted by molar-refractivity contribution is 0.550. The van der Waals surface area contributed by atoms with Crippen LogP contribution in [0.25, 0.3) is 0 Å². The van der Waals surface area contributed by atoms with E-state index in [1.807, 2.05) is 0 Å². The van der Waals surface area contributed by atoms with E-state index in [2.05, 4.69) is 0 Å². The first-order valence-electron chi connectivity index (χ1n) is 2.42. The molecule has 2 nitrogen and oxygen atoms in total. The molecule has 8 heavy (non-hydrogen) atoms. The van der Waals surface area contributed by atoms with Crippen LogP contribution >= 0.6 is 0 Å². The van der Waals surface area contributed by atoms with E-state index in [9.17, 15) is 9.35 Å². The summed E-state index contributed by atoms with van der Waals surface area (Å²) >= 11 is -0.746. The Bertz CT molecular complexity index is 63.4. The summed E-state index contributed by atoms with van der Waals surface area (Å²) in [6.07, 6.45) is 4.49. The highest BCUT2D eigenvalue weighted by Crippen LogP contribution is 1.90. The van der Waals surface area contributed by atoms with Crippen molar-refractivity contribution in [3.63, 3.8) is 0 Å². The van der Waals surface area contributed by atoms with Crippen LogP contribution in [0.1, 0.15) is 12.8 Å². The fraction of sp³-hybridized carbons (Fsp3) is 0.800. The molecule has 0 rings (SSSR count). The molecule has 0 fully saturated rings. The van der Waals surface area contributed by atoms with Gasteiger partial charge in [0, 0.05) is 6.42 Å². The van der Waals surface area contributed by atoms with E-state index in [1.54, 1.807) is 12.5 Å². The van der Waals surface area contributed by atoms with Gasteiger partial charge in [-0.3, -0.25) is 4.79 Å². The summed E-state index contributed by atoms with van der Waals surface area (Å²) in [5, 5.41) is 0. The molecule has 0 N–H and O–H groups in total. The van der Waals surface area contributed by atoms with E-state index < -0.39 is 11.2 Å². The van der Waals surface area contributed by atoms with Crippen molar-refractivity contribution >= 4 is 17.5 Å². The van der Waals surface area contributed by atoms with Crippen LogP contribution in [0.4, 0.5) is 0 Å². The molecule has 1 radical (unpaired) electrons. The minimum Gasteiger partial charge on any atom is -0.617 e. The fourth-order valence-corrected chi connectivity index (χ4v) is 0.898. The standard InChI is InChI=1S/C5H9O2S/c1-8(7)5-3-2-4-6/h2-3,5H2,1H3. The van der Waals surface area contributed by atoms with Gasteiger partial charge in [0.15, 0.2) is 6.29 Å². The first-order chi connectivity index (χ1) is 3.77. The fourth-order valence-electron chi connectivity index (χ4n) is 0.348. The van der Waals surface area contributed by atoms with Crippen LogP contribution in [0.15, 0.2) is 0 Å². The van der Waals surface area contributed by atoms with E-state index in [4.69, 9.17) is 0 Å². The maximum atomic E-state index is 10.3. The number of hydrogen-bond donors (Lipinski definition) is 0. The minimum absolute atomic E-state index is 0.416. The Morgan fingerprint density at radius 3 is 2.75 bits per heavy atom. The highest BCUT2D eigenvalue weighted by Gasteiger charge is 1.94. The molecule has 0 aliphatic heterocycles. The second kappa shape index (κ2) is 5.12. The van der Waals surface area contributed by atoms with Crippen molar-refractivity contribution in [1.29, 1.82) is 0 Å². The first kappa shape index (κ1) is 7.98. The van der Waals surface area contributed by atoms with Crippen LogP contribution < -0.4 is 0 Å². The molecule has 1 atom stereocenters. The summed E-state index contributed by atoms with van der Waals surface area (Å²) in [6.45, 7) is 0. The quantitative estimate of drug-likeness (QED) is 0.407. The lowest BCUT2D eigenvalue weighted by Crippen LogP contribution is -2.02. The Morgan fingerprint density at radius 2 is 2.38 bits per heavy atom. The van der Waals surface area contributed by atoms with Gasteiger partial charge in [0.25, 0.3) is 0 Å². The van der Waals surface area contributed by atoms with Crippen molar-refractivity contribution < 1.29 is 9.35 Å². The second-order valence-electron chi connectivity index (χ2n) is 1.53. The average Bonchev–Trinajstić information content (AvgIpc) is 1.66. The zero-order valence-corrected chi connectivity index (χ0v) is 5.66. The van der Waals surface area contributed by atoms with Crippen molar-refractivity contribution in [3.05, 3.63) is 0 Å². The van der Waals surface area contributed by atoms with E-state index in [0.29, 0.717) is 18.6 Å². The van der Waals surface area contributed by atoms with E-state index >= 15 is 0 Å². The third kappa shape index (κ3) is 5.98. The molecule has 1 unspecified atom stereocenters. The maximum absolute atomic E-state index is 10.3.